The SMILES string of the molecule is CCCCCCCCCCCCCCCOCCOCCOCCOCCCNC(=O)CCC(=O)O. The van der Waals surface area contributed by atoms with Crippen molar-refractivity contribution in [2.24, 2.45) is 0 Å². The third kappa shape index (κ3) is 30.8. The quantitative estimate of drug-likeness (QED) is 0.121. The standard InChI is InChI=1S/C28H55NO7/c1-2-3-4-5-6-7-8-9-10-11-12-13-14-19-33-21-23-35-25-26-36-24-22-34-20-15-18-29-27(30)16-17-28(31)32/h2-26H2,1H3,(H,29,30)(H,31,32). The van der Waals surface area contributed by atoms with Gasteiger partial charge in [0.05, 0.1) is 46.1 Å². The van der Waals surface area contributed by atoms with E-state index < -0.39 is 5.97 Å². The number of carboxylic acid groups (broad SMARTS) is 1. The number of nitrogens with one attached hydrogen (secondary N) is 1. The Labute approximate surface area is 220 Å². The zero-order chi connectivity index (χ0) is 26.4. The number of hydrogen-bond donors (Lipinski definition) is 2. The molecular weight excluding hydrogens is 462 g/mol. The van der Waals surface area contributed by atoms with Gasteiger partial charge in [0, 0.05) is 26.2 Å². The maximum atomic E-state index is 11.3. The first kappa shape index (κ1) is 34.8. The number of carbonyl (C=O) groups is 2. The highest BCUT2D eigenvalue weighted by Gasteiger charge is 2.04. The Bertz CT molecular complexity index is 477. The van der Waals surface area contributed by atoms with Gasteiger partial charge in [0.15, 0.2) is 0 Å². The van der Waals surface area contributed by atoms with Crippen LogP contribution in [0.1, 0.15) is 110 Å². The molecule has 0 aliphatic heterocycles. The van der Waals surface area contributed by atoms with Crippen molar-refractivity contribution in [3.8, 4) is 0 Å². The lowest BCUT2D eigenvalue weighted by Gasteiger charge is -2.08. The third-order valence-electron chi connectivity index (χ3n) is 5.86. The molecule has 0 aromatic heterocycles. The van der Waals surface area contributed by atoms with E-state index in [9.17, 15) is 9.59 Å². The van der Waals surface area contributed by atoms with Crippen LogP contribution in [0.3, 0.4) is 0 Å². The van der Waals surface area contributed by atoms with E-state index in [4.69, 9.17) is 24.1 Å². The molecule has 8 heteroatoms. The van der Waals surface area contributed by atoms with Crippen LogP contribution in [0.5, 0.6) is 0 Å². The smallest absolute Gasteiger partial charge is 0.303 e. The summed E-state index contributed by atoms with van der Waals surface area (Å²) in [7, 11) is 0. The molecule has 0 aromatic rings. The maximum Gasteiger partial charge on any atom is 0.303 e. The van der Waals surface area contributed by atoms with Crippen molar-refractivity contribution >= 4 is 11.9 Å². The van der Waals surface area contributed by atoms with Crippen molar-refractivity contribution in [1.29, 1.82) is 0 Å². The van der Waals surface area contributed by atoms with Gasteiger partial charge >= 0.3 is 5.97 Å². The second-order valence-corrected chi connectivity index (χ2v) is 9.29. The highest BCUT2D eigenvalue weighted by atomic mass is 16.6. The van der Waals surface area contributed by atoms with Crippen LogP contribution in [0, 0.1) is 0 Å². The number of ether oxygens (including phenoxy) is 4. The summed E-state index contributed by atoms with van der Waals surface area (Å²) >= 11 is 0. The monoisotopic (exact) mass is 517 g/mol. The molecule has 36 heavy (non-hydrogen) atoms. The Morgan fingerprint density at radius 3 is 1.36 bits per heavy atom. The predicted octanol–water partition coefficient (Wildman–Crippen LogP) is 5.52. The number of amides is 1. The molecule has 0 aromatic carbocycles. The lowest BCUT2D eigenvalue weighted by atomic mass is 10.0. The highest BCUT2D eigenvalue weighted by Crippen LogP contribution is 2.12. The molecular formula is C28H55NO7. The van der Waals surface area contributed by atoms with Gasteiger partial charge in [-0.2, -0.15) is 0 Å². The zero-order valence-corrected chi connectivity index (χ0v) is 23.1. The topological polar surface area (TPSA) is 103 Å². The summed E-state index contributed by atoms with van der Waals surface area (Å²) in [4.78, 5) is 21.7. The van der Waals surface area contributed by atoms with Crippen LogP contribution < -0.4 is 5.32 Å². The minimum atomic E-state index is -0.965. The lowest BCUT2D eigenvalue weighted by Crippen LogP contribution is -2.25. The average molecular weight is 518 g/mol. The van der Waals surface area contributed by atoms with E-state index in [1.54, 1.807) is 0 Å². The van der Waals surface area contributed by atoms with E-state index in [0.29, 0.717) is 59.2 Å². The molecule has 0 spiro atoms. The number of rotatable bonds is 30. The van der Waals surface area contributed by atoms with Gasteiger partial charge in [-0.3, -0.25) is 9.59 Å². The minimum Gasteiger partial charge on any atom is -0.481 e. The molecule has 0 aliphatic carbocycles. The van der Waals surface area contributed by atoms with E-state index in [1.165, 1.54) is 77.0 Å². The molecule has 0 rings (SSSR count). The molecule has 0 heterocycles. The van der Waals surface area contributed by atoms with Gasteiger partial charge in [0.25, 0.3) is 0 Å². The first-order valence-electron chi connectivity index (χ1n) is 14.5. The predicted molar refractivity (Wildman–Crippen MR) is 143 cm³/mol. The second-order valence-electron chi connectivity index (χ2n) is 9.29. The molecule has 8 nitrogen and oxygen atoms in total. The first-order valence-corrected chi connectivity index (χ1v) is 14.5. The summed E-state index contributed by atoms with van der Waals surface area (Å²) in [5, 5.41) is 11.2. The van der Waals surface area contributed by atoms with E-state index in [2.05, 4.69) is 12.2 Å². The van der Waals surface area contributed by atoms with Gasteiger partial charge in [-0.15, -0.1) is 0 Å². The number of carbonyl (C=O) groups excluding carboxylic acids is 1. The van der Waals surface area contributed by atoms with Crippen LogP contribution in [0.15, 0.2) is 0 Å². The van der Waals surface area contributed by atoms with Gasteiger partial charge in [-0.1, -0.05) is 84.0 Å². The Morgan fingerprint density at radius 2 is 0.917 bits per heavy atom. The zero-order valence-electron chi connectivity index (χ0n) is 23.1. The summed E-state index contributed by atoms with van der Waals surface area (Å²) in [6.07, 6.45) is 18.3. The maximum absolute atomic E-state index is 11.3. The fourth-order valence-electron chi connectivity index (χ4n) is 3.69. The van der Waals surface area contributed by atoms with Crippen molar-refractivity contribution in [3.63, 3.8) is 0 Å². The molecule has 0 bridgehead atoms. The van der Waals surface area contributed by atoms with Gasteiger partial charge in [0.2, 0.25) is 5.91 Å². The van der Waals surface area contributed by atoms with E-state index in [0.717, 1.165) is 13.0 Å². The first-order chi connectivity index (χ1) is 17.7. The van der Waals surface area contributed by atoms with Crippen molar-refractivity contribution in [1.82, 2.24) is 5.32 Å². The Morgan fingerprint density at radius 1 is 0.528 bits per heavy atom. The molecule has 0 fully saturated rings. The van der Waals surface area contributed by atoms with Gasteiger partial charge in [-0.05, 0) is 12.8 Å². The van der Waals surface area contributed by atoms with Crippen LogP contribution in [-0.2, 0) is 28.5 Å². The number of carboxylic acids is 1. The minimum absolute atomic E-state index is 0.0116. The van der Waals surface area contributed by atoms with Gasteiger partial charge in [0.1, 0.15) is 0 Å². The molecule has 0 radical (unpaired) electrons. The molecule has 0 atom stereocenters. The van der Waals surface area contributed by atoms with E-state index in [1.807, 2.05) is 0 Å². The lowest BCUT2D eigenvalue weighted by molar-refractivity contribution is -0.138. The molecule has 0 unspecified atom stereocenters. The normalized spacial score (nSPS) is 11.1. The van der Waals surface area contributed by atoms with Crippen LogP contribution in [-0.4, -0.2) is 76.4 Å². The van der Waals surface area contributed by atoms with E-state index >= 15 is 0 Å². The molecule has 214 valence electrons. The van der Waals surface area contributed by atoms with Crippen LogP contribution in [0.2, 0.25) is 0 Å². The summed E-state index contributed by atoms with van der Waals surface area (Å²) in [6, 6.07) is 0. The molecule has 0 aliphatic rings. The Kier molecular flexibility index (Phi) is 29.0. The third-order valence-corrected chi connectivity index (χ3v) is 5.86. The summed E-state index contributed by atoms with van der Waals surface area (Å²) in [5.41, 5.74) is 0. The Balaban J connectivity index is 3.07. The molecule has 2 N–H and O–H groups in total. The van der Waals surface area contributed by atoms with Crippen molar-refractivity contribution < 1.29 is 33.6 Å². The van der Waals surface area contributed by atoms with Crippen LogP contribution >= 0.6 is 0 Å². The van der Waals surface area contributed by atoms with E-state index in [-0.39, 0.29) is 18.7 Å². The van der Waals surface area contributed by atoms with Crippen molar-refractivity contribution in [2.75, 3.05) is 59.4 Å². The second kappa shape index (κ2) is 30.0. The van der Waals surface area contributed by atoms with Gasteiger partial charge < -0.3 is 29.4 Å². The number of hydrogen-bond acceptors (Lipinski definition) is 6. The summed E-state index contributed by atoms with van der Waals surface area (Å²) in [5.74, 6) is -1.21. The summed E-state index contributed by atoms with van der Waals surface area (Å²) in [6.45, 7) is 7.40. The summed E-state index contributed by atoms with van der Waals surface area (Å²) < 4.78 is 22.0. The van der Waals surface area contributed by atoms with Crippen molar-refractivity contribution in [3.05, 3.63) is 0 Å². The largest absolute Gasteiger partial charge is 0.481 e. The fraction of sp³-hybridized carbons (Fsp3) is 0.929. The number of unbranched alkanes of at least 4 members (excludes halogenated alkanes) is 12. The molecule has 0 saturated carbocycles. The number of aliphatic carboxylic acids is 1. The van der Waals surface area contributed by atoms with Crippen LogP contribution in [0.4, 0.5) is 0 Å². The molecule has 1 amide bonds. The Hall–Kier alpha value is -1.22. The molecule has 0 saturated heterocycles. The van der Waals surface area contributed by atoms with Gasteiger partial charge in [-0.25, -0.2) is 0 Å². The highest BCUT2D eigenvalue weighted by molar-refractivity contribution is 5.80. The van der Waals surface area contributed by atoms with Crippen molar-refractivity contribution in [2.45, 2.75) is 110 Å². The van der Waals surface area contributed by atoms with Crippen LogP contribution in [0.25, 0.3) is 0 Å². The fourth-order valence-corrected chi connectivity index (χ4v) is 3.69. The average Bonchev–Trinajstić information content (AvgIpc) is 2.87.